The van der Waals surface area contributed by atoms with Crippen LogP contribution in [0.5, 0.6) is 5.75 Å². The highest BCUT2D eigenvalue weighted by molar-refractivity contribution is 7.62. The fraction of sp³-hybridized carbons (Fsp3) is 0.167. The molecule has 0 unspecified atom stereocenters. The highest BCUT2D eigenvalue weighted by Crippen LogP contribution is 2.48. The van der Waals surface area contributed by atoms with Crippen molar-refractivity contribution >= 4 is 56.9 Å². The SMILES string of the molecule is COc1cc2ncnc(Nc3ccc4scnc4c3)c2cc1P(=O)(OC)OC. The summed E-state index contributed by atoms with van der Waals surface area (Å²) in [6.07, 6.45) is 1.46. The Bertz CT molecular complexity index is 1200. The van der Waals surface area contributed by atoms with Gasteiger partial charge in [0.05, 0.1) is 28.4 Å². The third-order valence-electron chi connectivity index (χ3n) is 4.30. The maximum absolute atomic E-state index is 13.0. The van der Waals surface area contributed by atoms with E-state index in [-0.39, 0.29) is 0 Å². The van der Waals surface area contributed by atoms with Gasteiger partial charge in [0.1, 0.15) is 23.2 Å². The van der Waals surface area contributed by atoms with Crippen molar-refractivity contribution in [2.24, 2.45) is 0 Å². The molecule has 2 aromatic heterocycles. The van der Waals surface area contributed by atoms with Gasteiger partial charge in [-0.05, 0) is 24.3 Å². The second-order valence-corrected chi connectivity index (χ2v) is 8.88. The van der Waals surface area contributed by atoms with E-state index in [1.807, 2.05) is 18.2 Å². The second-order valence-electron chi connectivity index (χ2n) is 5.79. The van der Waals surface area contributed by atoms with E-state index < -0.39 is 7.60 Å². The molecule has 1 N–H and O–H groups in total. The molecular weight excluding hydrogens is 399 g/mol. The lowest BCUT2D eigenvalue weighted by atomic mass is 10.2. The first-order valence-corrected chi connectivity index (χ1v) is 10.7. The molecule has 0 atom stereocenters. The fourth-order valence-corrected chi connectivity index (χ4v) is 4.81. The van der Waals surface area contributed by atoms with Gasteiger partial charge in [-0.2, -0.15) is 0 Å². The second kappa shape index (κ2) is 7.44. The lowest BCUT2D eigenvalue weighted by Gasteiger charge is -2.18. The Morgan fingerprint density at radius 1 is 1.00 bits per heavy atom. The first-order chi connectivity index (χ1) is 13.6. The quantitative estimate of drug-likeness (QED) is 0.470. The van der Waals surface area contributed by atoms with Gasteiger partial charge in [0.15, 0.2) is 0 Å². The maximum Gasteiger partial charge on any atom is 0.364 e. The molecule has 0 radical (unpaired) electrons. The number of thiazole rings is 1. The van der Waals surface area contributed by atoms with Crippen molar-refractivity contribution in [2.75, 3.05) is 26.6 Å². The molecule has 0 amide bonds. The lowest BCUT2D eigenvalue weighted by Crippen LogP contribution is -2.12. The number of fused-ring (bicyclic) bond motifs is 2. The minimum absolute atomic E-state index is 0.306. The van der Waals surface area contributed by atoms with E-state index in [0.29, 0.717) is 27.8 Å². The number of ether oxygens (including phenoxy) is 1. The molecule has 0 fully saturated rings. The Morgan fingerprint density at radius 3 is 2.57 bits per heavy atom. The zero-order chi connectivity index (χ0) is 19.7. The zero-order valence-electron chi connectivity index (χ0n) is 15.4. The van der Waals surface area contributed by atoms with Crippen LogP contribution in [0.3, 0.4) is 0 Å². The molecule has 0 aliphatic heterocycles. The van der Waals surface area contributed by atoms with Crippen LogP contribution in [-0.4, -0.2) is 36.3 Å². The number of methoxy groups -OCH3 is 1. The predicted molar refractivity (Wildman–Crippen MR) is 110 cm³/mol. The lowest BCUT2D eigenvalue weighted by molar-refractivity contribution is 0.286. The van der Waals surface area contributed by atoms with Crippen molar-refractivity contribution in [3.05, 3.63) is 42.2 Å². The van der Waals surface area contributed by atoms with Crippen LogP contribution in [-0.2, 0) is 13.6 Å². The molecule has 0 saturated carbocycles. The normalized spacial score (nSPS) is 11.8. The standard InChI is InChI=1S/C18H17N4O4PS/c1-24-15-8-13-12(7-16(15)27(23,25-2)26-3)18(20-9-19-13)22-11-4-5-17-14(6-11)21-10-28-17/h4-10H,1-3H3,(H,19,20,22). The Balaban J connectivity index is 1.85. The molecule has 144 valence electrons. The van der Waals surface area contributed by atoms with Gasteiger partial charge in [-0.25, -0.2) is 15.0 Å². The summed E-state index contributed by atoms with van der Waals surface area (Å²) >= 11 is 1.58. The van der Waals surface area contributed by atoms with Gasteiger partial charge < -0.3 is 19.1 Å². The molecule has 0 saturated heterocycles. The molecular formula is C18H17N4O4PS. The van der Waals surface area contributed by atoms with Crippen molar-refractivity contribution in [1.82, 2.24) is 15.0 Å². The fourth-order valence-electron chi connectivity index (χ4n) is 2.89. The summed E-state index contributed by atoms with van der Waals surface area (Å²) in [7, 11) is 0.616. The minimum atomic E-state index is -3.54. The topological polar surface area (TPSA) is 95.5 Å². The molecule has 0 aliphatic carbocycles. The van der Waals surface area contributed by atoms with E-state index >= 15 is 0 Å². The van der Waals surface area contributed by atoms with Crippen LogP contribution in [0.1, 0.15) is 0 Å². The molecule has 2 heterocycles. The number of nitrogens with one attached hydrogen (secondary N) is 1. The summed E-state index contributed by atoms with van der Waals surface area (Å²) in [4.78, 5) is 13.0. The number of nitrogens with zero attached hydrogens (tertiary/aromatic N) is 3. The third-order valence-corrected chi connectivity index (χ3v) is 7.02. The van der Waals surface area contributed by atoms with Crippen molar-refractivity contribution in [1.29, 1.82) is 0 Å². The number of aromatic nitrogens is 3. The average Bonchev–Trinajstić information content (AvgIpc) is 3.20. The molecule has 28 heavy (non-hydrogen) atoms. The minimum Gasteiger partial charge on any atom is -0.496 e. The van der Waals surface area contributed by atoms with Gasteiger partial charge in [0.2, 0.25) is 0 Å². The number of anilines is 2. The van der Waals surface area contributed by atoms with Crippen LogP contribution in [0.25, 0.3) is 21.1 Å². The van der Waals surface area contributed by atoms with Crippen molar-refractivity contribution < 1.29 is 18.3 Å². The third kappa shape index (κ3) is 3.22. The molecule has 0 bridgehead atoms. The summed E-state index contributed by atoms with van der Waals surface area (Å²) in [5, 5.41) is 4.25. The maximum atomic E-state index is 13.0. The summed E-state index contributed by atoms with van der Waals surface area (Å²) in [6.45, 7) is 0. The van der Waals surface area contributed by atoms with Crippen molar-refractivity contribution in [2.45, 2.75) is 0 Å². The molecule has 0 spiro atoms. The van der Waals surface area contributed by atoms with E-state index in [4.69, 9.17) is 13.8 Å². The van der Waals surface area contributed by atoms with E-state index in [0.717, 1.165) is 15.9 Å². The largest absolute Gasteiger partial charge is 0.496 e. The van der Waals surface area contributed by atoms with Gasteiger partial charge in [0, 0.05) is 31.4 Å². The zero-order valence-corrected chi connectivity index (χ0v) is 17.1. The van der Waals surface area contributed by atoms with Crippen molar-refractivity contribution in [3.63, 3.8) is 0 Å². The van der Waals surface area contributed by atoms with Gasteiger partial charge in [-0.1, -0.05) is 0 Å². The van der Waals surface area contributed by atoms with Crippen LogP contribution in [0.2, 0.25) is 0 Å². The highest BCUT2D eigenvalue weighted by atomic mass is 32.1. The van der Waals surface area contributed by atoms with Gasteiger partial charge in [-0.15, -0.1) is 11.3 Å². The van der Waals surface area contributed by atoms with E-state index in [9.17, 15) is 4.57 Å². The Morgan fingerprint density at radius 2 is 1.82 bits per heavy atom. The summed E-state index contributed by atoms with van der Waals surface area (Å²) in [6, 6.07) is 9.25. The first-order valence-electron chi connectivity index (χ1n) is 8.23. The number of hydrogen-bond donors (Lipinski definition) is 1. The van der Waals surface area contributed by atoms with E-state index in [2.05, 4.69) is 20.3 Å². The van der Waals surface area contributed by atoms with Crippen LogP contribution >= 0.6 is 18.9 Å². The Labute approximate surface area is 165 Å². The van der Waals surface area contributed by atoms with E-state index in [1.54, 1.807) is 29.0 Å². The summed E-state index contributed by atoms with van der Waals surface area (Å²) in [5.41, 5.74) is 4.17. The number of rotatable bonds is 6. The van der Waals surface area contributed by atoms with Gasteiger partial charge in [-0.3, -0.25) is 4.57 Å². The number of benzene rings is 2. The van der Waals surface area contributed by atoms with Gasteiger partial charge >= 0.3 is 7.60 Å². The van der Waals surface area contributed by atoms with Gasteiger partial charge in [0.25, 0.3) is 0 Å². The van der Waals surface area contributed by atoms with Crippen LogP contribution in [0.15, 0.2) is 42.2 Å². The highest BCUT2D eigenvalue weighted by Gasteiger charge is 2.30. The Kier molecular flexibility index (Phi) is 4.99. The first kappa shape index (κ1) is 18.8. The molecule has 10 heteroatoms. The number of hydrogen-bond acceptors (Lipinski definition) is 9. The molecule has 2 aromatic carbocycles. The summed E-state index contributed by atoms with van der Waals surface area (Å²) < 4.78 is 29.7. The predicted octanol–water partition coefficient (Wildman–Crippen LogP) is 4.10. The monoisotopic (exact) mass is 416 g/mol. The smallest absolute Gasteiger partial charge is 0.364 e. The Hall–Kier alpha value is -2.58. The van der Waals surface area contributed by atoms with E-state index in [1.165, 1.54) is 27.7 Å². The van der Waals surface area contributed by atoms with Crippen LogP contribution in [0, 0.1) is 0 Å². The molecule has 4 aromatic rings. The molecule has 4 rings (SSSR count). The van der Waals surface area contributed by atoms with Crippen molar-refractivity contribution in [3.8, 4) is 5.75 Å². The average molecular weight is 416 g/mol. The molecule has 8 nitrogen and oxygen atoms in total. The molecule has 0 aliphatic rings. The summed E-state index contributed by atoms with van der Waals surface area (Å²) in [5.74, 6) is 0.926. The van der Waals surface area contributed by atoms with Crippen LogP contribution in [0.4, 0.5) is 11.5 Å². The van der Waals surface area contributed by atoms with Crippen LogP contribution < -0.4 is 15.4 Å².